The second-order valence-corrected chi connectivity index (χ2v) is 110. The molecule has 0 saturated heterocycles. The number of aldehydes is 1. The molecule has 10 rings (SSSR count). The summed E-state index contributed by atoms with van der Waals surface area (Å²) in [5, 5.41) is 38.3. The highest BCUT2D eigenvalue weighted by Crippen LogP contribution is 2.70. The number of ketones is 2. The third kappa shape index (κ3) is 31.7. The number of hydrogen-bond acceptors (Lipinski definition) is 14. The van der Waals surface area contributed by atoms with Crippen LogP contribution in [0, 0.1) is 68.0 Å². The number of aliphatic hydroxyl groups excluding tert-OH is 3. The Morgan fingerprint density at radius 2 is 0.669 bits per heavy atom. The van der Waals surface area contributed by atoms with E-state index >= 15 is 0 Å². The number of hydrogen-bond donors (Lipinski definition) is 3. The van der Waals surface area contributed by atoms with E-state index in [1.165, 1.54) is 17.8 Å². The van der Waals surface area contributed by atoms with Crippen molar-refractivity contribution in [3.63, 3.8) is 0 Å². The van der Waals surface area contributed by atoms with Crippen LogP contribution in [0.2, 0.25) is 10.1 Å². The molecular weight excluding hydrogens is 2440 g/mol. The van der Waals surface area contributed by atoms with Gasteiger partial charge in [-0.1, -0.05) is 218 Å². The van der Waals surface area contributed by atoms with Gasteiger partial charge < -0.3 is 38.4 Å². The van der Waals surface area contributed by atoms with Gasteiger partial charge >= 0.3 is 11.9 Å². The van der Waals surface area contributed by atoms with E-state index in [0.29, 0.717) is 51.4 Å². The minimum atomic E-state index is -2.98. The lowest BCUT2D eigenvalue weighted by atomic mass is 9.43. The van der Waals surface area contributed by atoms with Crippen LogP contribution in [0.1, 0.15) is 174 Å². The first-order chi connectivity index (χ1) is 62.3. The van der Waals surface area contributed by atoms with Crippen molar-refractivity contribution in [3.05, 3.63) is 121 Å². The van der Waals surface area contributed by atoms with Crippen molar-refractivity contribution in [2.75, 3.05) is 19.8 Å². The SMILES string of the molecule is CC[C@@]1(C)C[C@@H](OC(=O)CO[Si](c2ccccc2)(c2ccccc2)C(C)(C)C)[C@@]2(C)C3C(=O)CC[C@@]3(CC[C@H]2C)[C@@H](C=O)[C@@H]1O.CC[C@@]1(C)C[C@@H](OC(=O)CO[Si](c2ccccc2)(c2ccccc2)C(C)(C)C)[C@@]2(C)C3C(=O)CC[C@@]3(CC[C@H]2C)[C@@H](CO)[C@@H]1O.S=S=S=S=S=S=S=S=S=S=S=S=S=S=S=S=S=S=S=S=S=S=S=S=S=S=S=S=S=S=S=S=S=S=S=S=S=S=S=S. The summed E-state index contributed by atoms with van der Waals surface area (Å²) in [4.78, 5) is 68.6. The topological polar surface area (TPSA) is 183 Å². The molecule has 0 radical (unpaired) electrons. The van der Waals surface area contributed by atoms with E-state index in [-0.39, 0.29) is 65.1 Å². The van der Waals surface area contributed by atoms with Crippen LogP contribution in [0.15, 0.2) is 121 Å². The summed E-state index contributed by atoms with van der Waals surface area (Å²) >= 11 is 9.61. The zero-order valence-corrected chi connectivity index (χ0v) is 108. The first-order valence-electron chi connectivity index (χ1n) is 40.3. The first-order valence-corrected chi connectivity index (χ1v) is 96.1. The Morgan fingerprint density at radius 1 is 0.415 bits per heavy atom. The van der Waals surface area contributed by atoms with Gasteiger partial charge in [0, 0.05) is 414 Å². The minimum Gasteiger partial charge on any atom is -0.460 e. The molecule has 4 aromatic rings. The van der Waals surface area contributed by atoms with Gasteiger partial charge in [-0.25, -0.2) is 9.59 Å². The molecule has 6 fully saturated rings. The second kappa shape index (κ2) is 60.2. The van der Waals surface area contributed by atoms with Gasteiger partial charge in [0.15, 0.2) is 0 Å². The molecule has 4 aromatic carbocycles. The fourth-order valence-corrected chi connectivity index (χ4v) is 128. The normalized spacial score (nSPS) is 26.8. The molecule has 16 atom stereocenters. The van der Waals surface area contributed by atoms with Crippen LogP contribution >= 0.6 is 0 Å². The van der Waals surface area contributed by atoms with Gasteiger partial charge in [-0.3, -0.25) is 9.59 Å². The van der Waals surface area contributed by atoms with Crippen LogP contribution in [-0.2, 0) is 402 Å². The molecule has 0 aromatic heterocycles. The number of carbonyl (C=O) groups is 5. The number of carbonyl (C=O) groups excluding carboxylic acids is 5. The van der Waals surface area contributed by atoms with Crippen LogP contribution in [-0.4, -0.2) is 106 Å². The maximum Gasteiger partial charge on any atom is 0.331 e. The minimum absolute atomic E-state index is 0.0942. The Labute approximate surface area is 887 Å². The lowest BCUT2D eigenvalue weighted by Gasteiger charge is -2.62. The van der Waals surface area contributed by atoms with Gasteiger partial charge in [0.05, 0.1) is 12.2 Å². The monoisotopic (exact) mass is 2550 g/mol. The Morgan fingerprint density at radius 3 is 0.923 bits per heavy atom. The molecule has 0 aliphatic heterocycles. The predicted molar refractivity (Wildman–Crippen MR) is 653 cm³/mol. The standard InChI is InChI=1S/C38H54O6Si.C38H52O6Si.S40/c2*1-8-36(6)23-31(37(7)26(2)19-21-38(29(24-39)34(36)42)22-20-30(40)33(37)38)44-32(41)25-43-45(35(3,4)5,27-15-11-9-12-16-27)28-17-13-10-14-18-28;1-3-5-7-9-11-13-15-17-19-21-23-25-27-29-31-33-35-37-39-40-38-36-34-32-30-28-26-24-22-20-18-16-14-12-10-8-6-4-2/h9-18,26,29,31,33-34,39,42H,8,19-25H2,1-7H3;9-18,24,26,29,31,33-34,42H,8,19-23,25H2,1-7H3;/t2*26-,29+,31-,33?,34+,36+,37+,38+;/m11./s1. The average Bonchev–Trinajstić information content (AvgIpc) is 1.46. The summed E-state index contributed by atoms with van der Waals surface area (Å²) in [5.41, 5.74) is -3.68. The zero-order valence-electron chi connectivity index (χ0n) is 72.9. The van der Waals surface area contributed by atoms with Gasteiger partial charge in [-0.15, -0.1) is 0 Å². The highest BCUT2D eigenvalue weighted by atomic mass is 33.5. The highest BCUT2D eigenvalue weighted by Gasteiger charge is 2.71. The Kier molecular flexibility index (Phi) is 55.2. The Hall–Kier alpha value is 3.86. The van der Waals surface area contributed by atoms with Crippen LogP contribution in [0.5, 0.6) is 0 Å². The second-order valence-electron chi connectivity index (χ2n) is 34.1. The van der Waals surface area contributed by atoms with E-state index in [0.717, 1.165) is 52.7 Å². The summed E-state index contributed by atoms with van der Waals surface area (Å²) in [6.45, 7) is 29.2. The number of aliphatic hydroxyl groups is 3. The molecule has 12 nitrogen and oxygen atoms in total. The first kappa shape index (κ1) is 119. The summed E-state index contributed by atoms with van der Waals surface area (Å²) in [7, 11) is 61.4. The molecule has 730 valence electrons. The fraction of sp³-hybridized carbons (Fsp3) is 0.618. The Balaban J connectivity index is 0.000000241. The van der Waals surface area contributed by atoms with Crippen LogP contribution in [0.25, 0.3) is 0 Å². The van der Waals surface area contributed by atoms with Crippen LogP contribution in [0.3, 0.4) is 0 Å². The van der Waals surface area contributed by atoms with Crippen molar-refractivity contribution >= 4 is 427 Å². The smallest absolute Gasteiger partial charge is 0.331 e. The predicted octanol–water partition coefficient (Wildman–Crippen LogP) is 11.4. The molecule has 0 heterocycles. The third-order valence-corrected chi connectivity index (χ3v) is 119. The average molecular weight is 2550 g/mol. The summed E-state index contributed by atoms with van der Waals surface area (Å²) in [6, 6.07) is 40.9. The number of esters is 2. The molecule has 0 spiro atoms. The molecule has 130 heavy (non-hydrogen) atoms. The van der Waals surface area contributed by atoms with Crippen molar-refractivity contribution in [1.82, 2.24) is 0 Å². The lowest BCUT2D eigenvalue weighted by molar-refractivity contribution is -0.219. The number of benzene rings is 4. The van der Waals surface area contributed by atoms with E-state index < -0.39 is 97.3 Å². The number of rotatable bonds is 16. The Bertz CT molecular complexity index is 6410. The summed E-state index contributed by atoms with van der Waals surface area (Å²) in [6.07, 6.45) is 5.35. The van der Waals surface area contributed by atoms with Gasteiger partial charge in [-0.05, 0) is 129 Å². The van der Waals surface area contributed by atoms with E-state index in [1.807, 2.05) is 300 Å². The molecule has 6 saturated carbocycles. The van der Waals surface area contributed by atoms with Crippen molar-refractivity contribution in [1.29, 1.82) is 0 Å². The fourth-order valence-electron chi connectivity index (χ4n) is 19.9. The van der Waals surface area contributed by atoms with Gasteiger partial charge in [0.1, 0.15) is 43.3 Å². The van der Waals surface area contributed by atoms with E-state index in [2.05, 4.69) is 132 Å². The van der Waals surface area contributed by atoms with Crippen molar-refractivity contribution in [3.8, 4) is 0 Å². The highest BCUT2D eigenvalue weighted by molar-refractivity contribution is 8.81. The molecule has 6 aliphatic carbocycles. The lowest BCUT2D eigenvalue weighted by Crippen LogP contribution is -2.67. The number of ether oxygens (including phenoxy) is 2. The maximum absolute atomic E-state index is 14.1. The molecular formula is C76H106O12S40Si2. The molecule has 4 bridgehead atoms. The van der Waals surface area contributed by atoms with Gasteiger partial charge in [0.2, 0.25) is 0 Å². The number of Topliss-reactive ketones (excluding diaryl/α,β-unsaturated/α-hetero) is 2. The summed E-state index contributed by atoms with van der Waals surface area (Å²) in [5.74, 6) is -2.19. The molecule has 54 heteroatoms. The van der Waals surface area contributed by atoms with Crippen molar-refractivity contribution < 1.29 is 57.6 Å². The molecule has 6 aliphatic rings. The molecule has 0 amide bonds. The van der Waals surface area contributed by atoms with E-state index in [1.54, 1.807) is 107 Å². The van der Waals surface area contributed by atoms with E-state index in [4.69, 9.17) is 40.7 Å². The maximum atomic E-state index is 14.1. The van der Waals surface area contributed by atoms with Crippen LogP contribution in [0.4, 0.5) is 0 Å². The van der Waals surface area contributed by atoms with Crippen molar-refractivity contribution in [2.24, 2.45) is 68.0 Å². The molecule has 2 unspecified atom stereocenters. The molecule has 3 N–H and O–H groups in total. The zero-order chi connectivity index (χ0) is 94.5. The van der Waals surface area contributed by atoms with Gasteiger partial charge in [0.25, 0.3) is 16.6 Å². The third-order valence-electron chi connectivity index (χ3n) is 26.3. The van der Waals surface area contributed by atoms with Crippen LogP contribution < -0.4 is 20.7 Å². The van der Waals surface area contributed by atoms with Gasteiger partial charge in [-0.2, -0.15) is 0 Å². The summed E-state index contributed by atoms with van der Waals surface area (Å²) < 4.78 is 27.0. The largest absolute Gasteiger partial charge is 0.460 e. The van der Waals surface area contributed by atoms with Crippen molar-refractivity contribution in [2.45, 2.75) is 208 Å². The van der Waals surface area contributed by atoms with E-state index in [9.17, 15) is 39.3 Å². The quantitative estimate of drug-likeness (QED) is 0.0547.